The van der Waals surface area contributed by atoms with E-state index in [1.807, 2.05) is 0 Å². The molecule has 3 aliphatic rings. The van der Waals surface area contributed by atoms with Crippen molar-refractivity contribution in [2.45, 2.75) is 61.2 Å². The van der Waals surface area contributed by atoms with E-state index in [2.05, 4.69) is 19.7 Å². The highest BCUT2D eigenvalue weighted by Gasteiger charge is 2.65. The first kappa shape index (κ1) is 20.4. The van der Waals surface area contributed by atoms with Crippen molar-refractivity contribution in [1.82, 2.24) is 19.5 Å². The van der Waals surface area contributed by atoms with Crippen molar-refractivity contribution in [3.8, 4) is 0 Å². The zero-order valence-electron chi connectivity index (χ0n) is 16.2. The first-order chi connectivity index (χ1) is 14.8. The summed E-state index contributed by atoms with van der Waals surface area (Å²) < 4.78 is 23.1. The lowest BCUT2D eigenvalue weighted by atomic mass is 9.84. The minimum atomic E-state index is -2.38. The second kappa shape index (κ2) is 7.03. The van der Waals surface area contributed by atoms with Crippen molar-refractivity contribution in [1.29, 1.82) is 0 Å². The molecule has 3 fully saturated rings. The number of hydrogen-bond acceptors (Lipinski definition) is 13. The Labute approximate surface area is 174 Å². The van der Waals surface area contributed by atoms with Crippen LogP contribution in [-0.4, -0.2) is 102 Å². The van der Waals surface area contributed by atoms with E-state index in [1.165, 1.54) is 17.2 Å². The molecule has 0 spiro atoms. The van der Waals surface area contributed by atoms with Crippen LogP contribution in [0.25, 0.3) is 11.2 Å². The Balaban J connectivity index is 1.44. The zero-order valence-corrected chi connectivity index (χ0v) is 16.2. The topological polar surface area (TPSA) is 205 Å². The number of nitrogens with two attached hydrogens (primary N) is 1. The third-order valence-electron chi connectivity index (χ3n) is 6.01. The summed E-state index contributed by atoms with van der Waals surface area (Å²) in [6, 6.07) is 0. The number of carbonyl (C=O) groups excluding carboxylic acids is 1. The molecule has 0 aromatic carbocycles. The van der Waals surface area contributed by atoms with E-state index >= 15 is 0 Å². The van der Waals surface area contributed by atoms with Crippen LogP contribution in [-0.2, 0) is 23.7 Å². The third kappa shape index (κ3) is 2.84. The Hall–Kier alpha value is -2.46. The molecule has 14 heteroatoms. The average Bonchev–Trinajstić information content (AvgIpc) is 3.31. The fraction of sp³-hybridized carbons (Fsp3) is 0.647. The van der Waals surface area contributed by atoms with E-state index < -0.39 is 60.7 Å². The van der Waals surface area contributed by atoms with Gasteiger partial charge in [0.05, 0.1) is 19.5 Å². The second-order valence-corrected chi connectivity index (χ2v) is 7.71. The van der Waals surface area contributed by atoms with Crippen molar-refractivity contribution in [3.05, 3.63) is 12.7 Å². The number of esters is 1. The van der Waals surface area contributed by atoms with Crippen LogP contribution in [0.5, 0.6) is 0 Å². The van der Waals surface area contributed by atoms with E-state index in [0.717, 1.165) is 7.11 Å². The van der Waals surface area contributed by atoms with E-state index in [1.54, 1.807) is 0 Å². The molecule has 6 N–H and O–H groups in total. The molecule has 2 aromatic rings. The van der Waals surface area contributed by atoms with Crippen LogP contribution in [0.1, 0.15) is 12.6 Å². The molecule has 3 saturated heterocycles. The number of nitrogen functional groups attached to an aromatic ring is 1. The molecule has 5 heterocycles. The molecule has 0 aliphatic carbocycles. The number of rotatable bonds is 2. The highest BCUT2D eigenvalue weighted by atomic mass is 16.7. The number of anilines is 1. The molecular formula is C17H21N5O9. The number of hydrogen-bond donors (Lipinski definition) is 5. The Bertz CT molecular complexity index is 1020. The summed E-state index contributed by atoms with van der Waals surface area (Å²) >= 11 is 0. The molecule has 0 radical (unpaired) electrons. The fourth-order valence-electron chi connectivity index (χ4n) is 4.41. The quantitative estimate of drug-likeness (QED) is 0.293. The monoisotopic (exact) mass is 439 g/mol. The molecule has 14 nitrogen and oxygen atoms in total. The fourth-order valence-corrected chi connectivity index (χ4v) is 4.41. The molecule has 168 valence electrons. The largest absolute Gasteiger partial charge is 0.467 e. The Morgan fingerprint density at radius 3 is 2.77 bits per heavy atom. The Morgan fingerprint density at radius 1 is 1.26 bits per heavy atom. The van der Waals surface area contributed by atoms with Crippen LogP contribution in [0.2, 0.25) is 0 Å². The van der Waals surface area contributed by atoms with Crippen molar-refractivity contribution in [3.63, 3.8) is 0 Å². The number of aliphatic hydroxyl groups is 4. The van der Waals surface area contributed by atoms with Crippen LogP contribution >= 0.6 is 0 Å². The summed E-state index contributed by atoms with van der Waals surface area (Å²) in [6.07, 6.45) is -8.04. The molecule has 31 heavy (non-hydrogen) atoms. The first-order valence-corrected chi connectivity index (χ1v) is 9.52. The lowest BCUT2D eigenvalue weighted by Gasteiger charge is -2.51. The molecule has 0 unspecified atom stereocenters. The van der Waals surface area contributed by atoms with Gasteiger partial charge in [-0.2, -0.15) is 0 Å². The second-order valence-electron chi connectivity index (χ2n) is 7.71. The van der Waals surface area contributed by atoms with Crippen molar-refractivity contribution >= 4 is 23.0 Å². The summed E-state index contributed by atoms with van der Waals surface area (Å²) in [5.41, 5.74) is 6.45. The van der Waals surface area contributed by atoms with Gasteiger partial charge >= 0.3 is 5.97 Å². The molecule has 9 atom stereocenters. The predicted octanol–water partition coefficient (Wildman–Crippen LogP) is -3.19. The molecular weight excluding hydrogens is 418 g/mol. The van der Waals surface area contributed by atoms with Gasteiger partial charge in [0.1, 0.15) is 42.4 Å². The van der Waals surface area contributed by atoms with Crippen LogP contribution in [0.3, 0.4) is 0 Å². The first-order valence-electron chi connectivity index (χ1n) is 9.52. The van der Waals surface area contributed by atoms with Crippen LogP contribution in [0, 0.1) is 0 Å². The van der Waals surface area contributed by atoms with E-state index in [0.29, 0.717) is 11.2 Å². The number of aliphatic hydroxyl groups excluding tert-OH is 3. The number of fused-ring (bicyclic) bond motifs is 3. The smallest absolute Gasteiger partial charge is 0.337 e. The maximum atomic E-state index is 11.9. The minimum Gasteiger partial charge on any atom is -0.467 e. The molecule has 0 bridgehead atoms. The molecule has 0 amide bonds. The number of nitrogens with zero attached hydrogens (tertiary/aromatic N) is 4. The number of carbonyl (C=O) groups is 1. The van der Waals surface area contributed by atoms with Crippen LogP contribution in [0.15, 0.2) is 12.7 Å². The van der Waals surface area contributed by atoms with Gasteiger partial charge in [-0.3, -0.25) is 4.57 Å². The summed E-state index contributed by atoms with van der Waals surface area (Å²) in [4.78, 5) is 24.0. The van der Waals surface area contributed by atoms with Crippen LogP contribution < -0.4 is 5.73 Å². The van der Waals surface area contributed by atoms with Crippen molar-refractivity contribution in [2.75, 3.05) is 12.8 Å². The minimum absolute atomic E-state index is 0.0459. The van der Waals surface area contributed by atoms with Gasteiger partial charge in [-0.1, -0.05) is 0 Å². The van der Waals surface area contributed by atoms with Crippen LogP contribution in [0.4, 0.5) is 5.82 Å². The SMILES string of the molecule is COC(=O)[C@H]1O[C@@H]2C[C@H]3O[C@@H](n4cnc5c(N)ncnc54)[C@H](O)[C@H]3O[C@]2(O)[C@@H](O)[C@@H]1O. The maximum absolute atomic E-state index is 11.9. The van der Waals surface area contributed by atoms with Gasteiger partial charge in [0.15, 0.2) is 23.8 Å². The van der Waals surface area contributed by atoms with Gasteiger partial charge in [-0.25, -0.2) is 19.7 Å². The Morgan fingerprint density at radius 2 is 2.03 bits per heavy atom. The maximum Gasteiger partial charge on any atom is 0.337 e. The summed E-state index contributed by atoms with van der Waals surface area (Å²) in [6.45, 7) is 0. The normalized spacial score (nSPS) is 42.2. The summed E-state index contributed by atoms with van der Waals surface area (Å²) in [5, 5.41) is 42.6. The summed E-state index contributed by atoms with van der Waals surface area (Å²) in [7, 11) is 1.10. The van der Waals surface area contributed by atoms with E-state index in [4.69, 9.17) is 19.9 Å². The standard InChI is InChI=1S/C17H21N5O9/c1-28-16(26)11-8(23)12(25)17(27)6(30-11)2-5-10(31-17)9(24)15(29-5)22-4-21-7-13(18)19-3-20-14(7)22/h3-6,8-12,15,23-25,27H,2H2,1H3,(H2,18,19,20)/t5-,6-,8-,9-,10+,11+,12+,15-,17+/m1/s1. The number of imidazole rings is 1. The lowest BCUT2D eigenvalue weighted by Crippen LogP contribution is -2.72. The molecule has 0 saturated carbocycles. The van der Waals surface area contributed by atoms with Gasteiger partial charge in [0, 0.05) is 6.42 Å². The highest BCUT2D eigenvalue weighted by molar-refractivity contribution is 5.81. The molecule has 5 rings (SSSR count). The average molecular weight is 439 g/mol. The van der Waals surface area contributed by atoms with Gasteiger partial charge < -0.3 is 45.1 Å². The number of aromatic nitrogens is 4. The van der Waals surface area contributed by atoms with Crippen molar-refractivity contribution < 1.29 is 44.2 Å². The van der Waals surface area contributed by atoms with Gasteiger partial charge in [0.25, 0.3) is 0 Å². The van der Waals surface area contributed by atoms with Crippen molar-refractivity contribution in [2.24, 2.45) is 0 Å². The highest BCUT2D eigenvalue weighted by Crippen LogP contribution is 2.46. The van der Waals surface area contributed by atoms with Gasteiger partial charge in [-0.15, -0.1) is 0 Å². The van der Waals surface area contributed by atoms with E-state index in [9.17, 15) is 25.2 Å². The zero-order chi connectivity index (χ0) is 22.1. The lowest BCUT2D eigenvalue weighted by molar-refractivity contribution is -0.397. The summed E-state index contributed by atoms with van der Waals surface area (Å²) in [5.74, 6) is -3.14. The Kier molecular flexibility index (Phi) is 4.63. The number of methoxy groups -OCH3 is 1. The molecule has 2 aromatic heterocycles. The number of ether oxygens (including phenoxy) is 4. The predicted molar refractivity (Wildman–Crippen MR) is 96.8 cm³/mol. The third-order valence-corrected chi connectivity index (χ3v) is 6.01. The van der Waals surface area contributed by atoms with Gasteiger partial charge in [-0.05, 0) is 0 Å². The van der Waals surface area contributed by atoms with Gasteiger partial charge in [0.2, 0.25) is 5.79 Å². The van der Waals surface area contributed by atoms with E-state index in [-0.39, 0.29) is 12.2 Å². The molecule has 3 aliphatic heterocycles.